The van der Waals surface area contributed by atoms with E-state index in [1.54, 1.807) is 49.0 Å². The minimum atomic E-state index is -1.03. The number of carbonyl (C=O) groups excluding carboxylic acids is 5. The highest BCUT2D eigenvalue weighted by Crippen LogP contribution is 2.13. The van der Waals surface area contributed by atoms with Crippen LogP contribution in [0, 0.1) is 5.92 Å². The molecule has 0 aliphatic carbocycles. The zero-order valence-corrected chi connectivity index (χ0v) is 38.5. The molecule has 0 saturated heterocycles. The molecule has 1 heterocycles. The van der Waals surface area contributed by atoms with Gasteiger partial charge in [-0.15, -0.1) is 10.3 Å². The Hall–Kier alpha value is -5.50. The molecule has 0 saturated carbocycles. The molecule has 1 aromatic carbocycles. The Balaban J connectivity index is 1.59. The molecule has 66 heavy (non-hydrogen) atoms. The van der Waals surface area contributed by atoms with Crippen LogP contribution < -0.4 is 32.3 Å². The number of hydrogen-bond acceptors (Lipinski definition) is 17. The van der Waals surface area contributed by atoms with Crippen LogP contribution in [0.15, 0.2) is 35.6 Å². The maximum atomic E-state index is 13.3. The Morgan fingerprint density at radius 1 is 0.758 bits per heavy atom. The molecule has 0 bridgehead atoms. The summed E-state index contributed by atoms with van der Waals surface area (Å²) < 4.78 is 45.2. The van der Waals surface area contributed by atoms with Gasteiger partial charge in [0.05, 0.1) is 105 Å². The van der Waals surface area contributed by atoms with Crippen LogP contribution in [0.1, 0.15) is 51.3 Å². The summed E-state index contributed by atoms with van der Waals surface area (Å²) in [5.74, 6) is -2.06. The lowest BCUT2D eigenvalue weighted by Gasteiger charge is -2.25. The Morgan fingerprint density at radius 3 is 1.85 bits per heavy atom. The second-order valence-electron chi connectivity index (χ2n) is 14.6. The normalized spacial score (nSPS) is 11.9. The minimum absolute atomic E-state index is 0.0537. The number of ether oxygens (including phenoxy) is 8. The first-order valence-electron chi connectivity index (χ1n) is 22.0. The van der Waals surface area contributed by atoms with Crippen LogP contribution in [0.5, 0.6) is 0 Å². The fourth-order valence-electron chi connectivity index (χ4n) is 5.43. The average Bonchev–Trinajstić information content (AvgIpc) is 3.76. The first-order valence-corrected chi connectivity index (χ1v) is 22.0. The SMILES string of the molecule is C=NOCC(=O)N[C@H](C(=O)N[C@@H](CCCNC(N)=O)C(=O)Nc1ccc(COC(=O)NCc2cn(CCOCCOCCOCCOCCOCCOCCOCCC)nn2)cc1)C(C)C. The summed E-state index contributed by atoms with van der Waals surface area (Å²) in [6.45, 7) is 15.9. The molecule has 0 unspecified atom stereocenters. The second-order valence-corrected chi connectivity index (χ2v) is 14.6. The summed E-state index contributed by atoms with van der Waals surface area (Å²) >= 11 is 0. The molecule has 2 rings (SSSR count). The summed E-state index contributed by atoms with van der Waals surface area (Å²) in [5.41, 5.74) is 6.72. The minimum Gasteiger partial charge on any atom is -0.445 e. The van der Waals surface area contributed by atoms with Gasteiger partial charge in [0.1, 0.15) is 24.4 Å². The van der Waals surface area contributed by atoms with Gasteiger partial charge >= 0.3 is 12.1 Å². The molecular weight excluding hydrogens is 869 g/mol. The number of alkyl carbamates (subject to hydrolysis) is 1. The van der Waals surface area contributed by atoms with Crippen LogP contribution >= 0.6 is 0 Å². The average molecular weight is 939 g/mol. The highest BCUT2D eigenvalue weighted by Gasteiger charge is 2.29. The monoisotopic (exact) mass is 939 g/mol. The molecule has 6 amide bonds. The van der Waals surface area contributed by atoms with Crippen molar-refractivity contribution in [3.63, 3.8) is 0 Å². The number of nitrogens with one attached hydrogen (secondary N) is 5. The molecule has 7 N–H and O–H groups in total. The highest BCUT2D eigenvalue weighted by molar-refractivity contribution is 5.98. The number of benzene rings is 1. The number of urea groups is 1. The van der Waals surface area contributed by atoms with E-state index in [4.69, 9.17) is 43.6 Å². The lowest BCUT2D eigenvalue weighted by molar-refractivity contribution is -0.133. The molecule has 0 spiro atoms. The van der Waals surface area contributed by atoms with Gasteiger partial charge < -0.3 is 75.1 Å². The number of oxime groups is 1. The van der Waals surface area contributed by atoms with E-state index < -0.39 is 48.5 Å². The van der Waals surface area contributed by atoms with E-state index in [0.29, 0.717) is 116 Å². The Labute approximate surface area is 385 Å². The Kier molecular flexibility index (Phi) is 31.5. The van der Waals surface area contributed by atoms with Gasteiger partial charge in [0.25, 0.3) is 5.91 Å². The van der Waals surface area contributed by atoms with Crippen molar-refractivity contribution in [1.82, 2.24) is 36.3 Å². The maximum absolute atomic E-state index is 13.3. The summed E-state index contributed by atoms with van der Waals surface area (Å²) in [4.78, 5) is 66.9. The van der Waals surface area contributed by atoms with E-state index in [-0.39, 0.29) is 32.0 Å². The van der Waals surface area contributed by atoms with Crippen molar-refractivity contribution in [3.05, 3.63) is 41.7 Å². The predicted octanol–water partition coefficient (Wildman–Crippen LogP) is 0.876. The number of hydrogen-bond donors (Lipinski definition) is 6. The molecule has 0 radical (unpaired) electrons. The summed E-state index contributed by atoms with van der Waals surface area (Å²) in [6.07, 6.45) is 2.48. The standard InChI is InChI=1S/C42H70N10O14/c1-5-14-58-16-18-60-20-22-62-24-26-64-27-25-63-23-21-61-19-17-59-15-13-52-29-35(50-51-52)28-46-42(57)65-30-33-8-10-34(11-9-33)47-39(54)36(7-6-12-45-41(43)56)48-40(55)38(32(2)3)49-37(53)31-66-44-4/h8-11,29,32,36,38H,4-7,12-28,30-31H2,1-3H3,(H,46,57)(H,47,54)(H,48,55)(H,49,53)(H3,43,45,56)/t36-,38-/m0/s1. The number of rotatable bonds is 40. The van der Waals surface area contributed by atoms with Crippen molar-refractivity contribution in [2.45, 2.75) is 71.8 Å². The van der Waals surface area contributed by atoms with E-state index in [1.165, 1.54) is 0 Å². The first-order chi connectivity index (χ1) is 32.0. The van der Waals surface area contributed by atoms with E-state index in [0.717, 1.165) is 13.0 Å². The van der Waals surface area contributed by atoms with Gasteiger partial charge in [-0.1, -0.05) is 38.1 Å². The number of amides is 6. The molecule has 24 heteroatoms. The van der Waals surface area contributed by atoms with Crippen molar-refractivity contribution < 1.29 is 66.7 Å². The number of primary amides is 1. The van der Waals surface area contributed by atoms with Crippen LogP contribution in [0.4, 0.5) is 15.3 Å². The summed E-state index contributed by atoms with van der Waals surface area (Å²) in [5, 5.41) is 24.4. The second kappa shape index (κ2) is 36.7. The highest BCUT2D eigenvalue weighted by atomic mass is 16.6. The van der Waals surface area contributed by atoms with Gasteiger partial charge in [-0.25, -0.2) is 14.3 Å². The van der Waals surface area contributed by atoms with Gasteiger partial charge in [-0.05, 0) is 42.9 Å². The molecule has 24 nitrogen and oxygen atoms in total. The fourth-order valence-corrected chi connectivity index (χ4v) is 5.43. The van der Waals surface area contributed by atoms with Gasteiger partial charge in [0.2, 0.25) is 11.8 Å². The van der Waals surface area contributed by atoms with Crippen molar-refractivity contribution in [2.75, 3.05) is 111 Å². The van der Waals surface area contributed by atoms with Crippen molar-refractivity contribution >= 4 is 42.3 Å². The predicted molar refractivity (Wildman–Crippen MR) is 239 cm³/mol. The lowest BCUT2D eigenvalue weighted by atomic mass is 10.0. The molecule has 1 aromatic heterocycles. The lowest BCUT2D eigenvalue weighted by Crippen LogP contribution is -2.55. The van der Waals surface area contributed by atoms with E-state index >= 15 is 0 Å². The van der Waals surface area contributed by atoms with Crippen molar-refractivity contribution in [2.24, 2.45) is 16.8 Å². The number of anilines is 1. The molecule has 2 atom stereocenters. The van der Waals surface area contributed by atoms with Crippen molar-refractivity contribution in [1.29, 1.82) is 0 Å². The Morgan fingerprint density at radius 2 is 1.32 bits per heavy atom. The summed E-state index contributed by atoms with van der Waals surface area (Å²) in [7, 11) is 0. The van der Waals surface area contributed by atoms with E-state index in [9.17, 15) is 24.0 Å². The largest absolute Gasteiger partial charge is 0.445 e. The van der Waals surface area contributed by atoms with E-state index in [1.807, 2.05) is 0 Å². The number of nitrogens with zero attached hydrogens (tertiary/aromatic N) is 4. The molecule has 2 aromatic rings. The molecule has 372 valence electrons. The van der Waals surface area contributed by atoms with Gasteiger partial charge in [0.15, 0.2) is 6.61 Å². The molecule has 0 aliphatic heterocycles. The zero-order valence-electron chi connectivity index (χ0n) is 38.5. The van der Waals surface area contributed by atoms with Crippen LogP contribution in [-0.4, -0.2) is 169 Å². The van der Waals surface area contributed by atoms with Crippen LogP contribution in [-0.2, 0) is 76.8 Å². The van der Waals surface area contributed by atoms with Gasteiger partial charge in [0, 0.05) is 25.6 Å². The van der Waals surface area contributed by atoms with Crippen molar-refractivity contribution in [3.8, 4) is 0 Å². The third-order valence-electron chi connectivity index (χ3n) is 8.79. The zero-order chi connectivity index (χ0) is 48.0. The van der Waals surface area contributed by atoms with Gasteiger partial charge in [-0.3, -0.25) is 14.4 Å². The summed E-state index contributed by atoms with van der Waals surface area (Å²) in [6, 6.07) is 3.81. The third kappa shape index (κ3) is 28.4. The number of nitrogens with two attached hydrogens (primary N) is 1. The number of aromatic nitrogens is 3. The topological polar surface area (TPSA) is 298 Å². The van der Waals surface area contributed by atoms with Gasteiger partial charge in [-0.2, -0.15) is 0 Å². The number of carbonyl (C=O) groups is 5. The quantitative estimate of drug-likeness (QED) is 0.0307. The van der Waals surface area contributed by atoms with Crippen LogP contribution in [0.3, 0.4) is 0 Å². The van der Waals surface area contributed by atoms with E-state index in [2.05, 4.69) is 60.5 Å². The van der Waals surface area contributed by atoms with Crippen LogP contribution in [0.25, 0.3) is 0 Å². The molecule has 0 fully saturated rings. The third-order valence-corrected chi connectivity index (χ3v) is 8.79. The smallest absolute Gasteiger partial charge is 0.407 e. The first kappa shape index (κ1) is 56.6. The maximum Gasteiger partial charge on any atom is 0.407 e. The molecular formula is C42H70N10O14. The Bertz CT molecular complexity index is 1650. The van der Waals surface area contributed by atoms with Crippen LogP contribution in [0.2, 0.25) is 0 Å². The molecule has 0 aliphatic rings. The fraction of sp³-hybridized carbons (Fsp3) is 0.667.